The molecule has 0 atom stereocenters. The van der Waals surface area contributed by atoms with Crippen LogP contribution in [0.4, 0.5) is 0 Å². The number of hydrogen-bond acceptors (Lipinski definition) is 2. The summed E-state index contributed by atoms with van der Waals surface area (Å²) in [7, 11) is 0. The molecule has 0 aromatic carbocycles. The van der Waals surface area contributed by atoms with E-state index in [4.69, 9.17) is 11.6 Å². The van der Waals surface area contributed by atoms with Gasteiger partial charge in [-0.15, -0.1) is 0 Å². The first-order chi connectivity index (χ1) is 5.75. The summed E-state index contributed by atoms with van der Waals surface area (Å²) < 4.78 is 0. The lowest BCUT2D eigenvalue weighted by molar-refractivity contribution is 0.767. The molecule has 0 N–H and O–H groups in total. The summed E-state index contributed by atoms with van der Waals surface area (Å²) in [6.45, 7) is 4.13. The Morgan fingerprint density at radius 1 is 1.42 bits per heavy atom. The molecule has 0 bridgehead atoms. The first-order valence-corrected chi connectivity index (χ1v) is 4.59. The highest BCUT2D eigenvalue weighted by Crippen LogP contribution is 2.15. The van der Waals surface area contributed by atoms with Gasteiger partial charge in [-0.1, -0.05) is 24.9 Å². The monoisotopic (exact) mass is 184 g/mol. The van der Waals surface area contributed by atoms with Gasteiger partial charge in [0.05, 0.1) is 0 Å². The molecule has 0 saturated heterocycles. The molecule has 3 heteroatoms. The van der Waals surface area contributed by atoms with E-state index in [1.807, 2.05) is 6.92 Å². The van der Waals surface area contributed by atoms with Gasteiger partial charge >= 0.3 is 0 Å². The van der Waals surface area contributed by atoms with E-state index >= 15 is 0 Å². The van der Waals surface area contributed by atoms with Gasteiger partial charge in [0, 0.05) is 11.3 Å². The third-order valence-electron chi connectivity index (χ3n) is 1.89. The van der Waals surface area contributed by atoms with Crippen molar-refractivity contribution in [2.45, 2.75) is 33.1 Å². The maximum atomic E-state index is 5.84. The van der Waals surface area contributed by atoms with E-state index in [0.717, 1.165) is 24.1 Å². The average molecular weight is 185 g/mol. The standard InChI is InChI=1S/C9H13ClN2/c1-3-4-5-8-7(2)9(10)12-6-11-8/h6H,3-5H2,1-2H3. The molecule has 0 saturated carbocycles. The van der Waals surface area contributed by atoms with Crippen molar-refractivity contribution in [3.8, 4) is 0 Å². The molecule has 0 radical (unpaired) electrons. The fourth-order valence-electron chi connectivity index (χ4n) is 1.06. The van der Waals surface area contributed by atoms with Crippen LogP contribution in [-0.2, 0) is 6.42 Å². The molecule has 0 fully saturated rings. The highest BCUT2D eigenvalue weighted by molar-refractivity contribution is 6.30. The van der Waals surface area contributed by atoms with E-state index in [1.165, 1.54) is 12.7 Å². The smallest absolute Gasteiger partial charge is 0.135 e. The van der Waals surface area contributed by atoms with E-state index in [9.17, 15) is 0 Å². The number of unbranched alkanes of at least 4 members (excludes halogenated alkanes) is 1. The van der Waals surface area contributed by atoms with E-state index in [0.29, 0.717) is 5.15 Å². The lowest BCUT2D eigenvalue weighted by Crippen LogP contribution is -1.96. The van der Waals surface area contributed by atoms with E-state index in [-0.39, 0.29) is 0 Å². The van der Waals surface area contributed by atoms with Crippen molar-refractivity contribution in [1.29, 1.82) is 0 Å². The third-order valence-corrected chi connectivity index (χ3v) is 2.28. The maximum absolute atomic E-state index is 5.84. The molecule has 12 heavy (non-hydrogen) atoms. The van der Waals surface area contributed by atoms with Crippen molar-refractivity contribution < 1.29 is 0 Å². The van der Waals surface area contributed by atoms with Crippen LogP contribution in [0, 0.1) is 6.92 Å². The summed E-state index contributed by atoms with van der Waals surface area (Å²) in [6.07, 6.45) is 4.88. The first kappa shape index (κ1) is 9.46. The molecule has 0 amide bonds. The molecule has 2 nitrogen and oxygen atoms in total. The van der Waals surface area contributed by atoms with Crippen molar-refractivity contribution in [1.82, 2.24) is 9.97 Å². The van der Waals surface area contributed by atoms with Gasteiger partial charge in [0.25, 0.3) is 0 Å². The minimum Gasteiger partial charge on any atom is -0.241 e. The Morgan fingerprint density at radius 3 is 2.83 bits per heavy atom. The Morgan fingerprint density at radius 2 is 2.17 bits per heavy atom. The van der Waals surface area contributed by atoms with Crippen LogP contribution in [0.2, 0.25) is 5.15 Å². The van der Waals surface area contributed by atoms with E-state index in [1.54, 1.807) is 0 Å². The molecule has 1 aromatic rings. The lowest BCUT2D eigenvalue weighted by Gasteiger charge is -2.03. The Kier molecular flexibility index (Phi) is 3.48. The normalized spacial score (nSPS) is 10.2. The number of aromatic nitrogens is 2. The van der Waals surface area contributed by atoms with Crippen LogP contribution in [-0.4, -0.2) is 9.97 Å². The van der Waals surface area contributed by atoms with Crippen molar-refractivity contribution in [3.05, 3.63) is 22.7 Å². The average Bonchev–Trinajstić information content (AvgIpc) is 2.08. The van der Waals surface area contributed by atoms with E-state index in [2.05, 4.69) is 16.9 Å². The fourth-order valence-corrected chi connectivity index (χ4v) is 1.21. The molecule has 66 valence electrons. The van der Waals surface area contributed by atoms with Crippen molar-refractivity contribution in [2.75, 3.05) is 0 Å². The van der Waals surface area contributed by atoms with Gasteiger partial charge in [0.2, 0.25) is 0 Å². The molecule has 1 heterocycles. The largest absolute Gasteiger partial charge is 0.241 e. The van der Waals surface area contributed by atoms with Gasteiger partial charge in [-0.2, -0.15) is 0 Å². The Bertz CT molecular complexity index is 261. The molecule has 1 aromatic heterocycles. The van der Waals surface area contributed by atoms with Gasteiger partial charge < -0.3 is 0 Å². The summed E-state index contributed by atoms with van der Waals surface area (Å²) in [4.78, 5) is 8.08. The zero-order valence-electron chi connectivity index (χ0n) is 7.47. The van der Waals surface area contributed by atoms with Gasteiger partial charge in [0.15, 0.2) is 0 Å². The van der Waals surface area contributed by atoms with Gasteiger partial charge in [-0.25, -0.2) is 9.97 Å². The fraction of sp³-hybridized carbons (Fsp3) is 0.556. The number of aryl methyl sites for hydroxylation is 1. The van der Waals surface area contributed by atoms with Crippen molar-refractivity contribution in [2.24, 2.45) is 0 Å². The van der Waals surface area contributed by atoms with Crippen LogP contribution in [0.1, 0.15) is 31.0 Å². The topological polar surface area (TPSA) is 25.8 Å². The zero-order valence-corrected chi connectivity index (χ0v) is 8.23. The van der Waals surface area contributed by atoms with Crippen LogP contribution in [0.5, 0.6) is 0 Å². The minimum absolute atomic E-state index is 0.580. The maximum Gasteiger partial charge on any atom is 0.135 e. The zero-order chi connectivity index (χ0) is 8.97. The van der Waals surface area contributed by atoms with Crippen molar-refractivity contribution >= 4 is 11.6 Å². The Balaban J connectivity index is 2.78. The van der Waals surface area contributed by atoms with Gasteiger partial charge in [-0.05, 0) is 19.8 Å². The molecule has 0 aliphatic heterocycles. The molecule has 0 aliphatic carbocycles. The molecule has 0 aliphatic rings. The highest BCUT2D eigenvalue weighted by Gasteiger charge is 2.03. The summed E-state index contributed by atoms with van der Waals surface area (Å²) in [5.74, 6) is 0. The van der Waals surface area contributed by atoms with Gasteiger partial charge in [0.1, 0.15) is 11.5 Å². The molecule has 0 unspecified atom stereocenters. The molecule has 1 rings (SSSR count). The van der Waals surface area contributed by atoms with Crippen LogP contribution < -0.4 is 0 Å². The number of halogens is 1. The lowest BCUT2D eigenvalue weighted by atomic mass is 10.1. The summed E-state index contributed by atoms with van der Waals surface area (Å²) >= 11 is 5.84. The third kappa shape index (κ3) is 2.18. The minimum atomic E-state index is 0.580. The predicted octanol–water partition coefficient (Wildman–Crippen LogP) is 2.78. The molecule has 0 spiro atoms. The summed E-state index contributed by atoms with van der Waals surface area (Å²) in [5, 5.41) is 0.580. The highest BCUT2D eigenvalue weighted by atomic mass is 35.5. The van der Waals surface area contributed by atoms with Crippen molar-refractivity contribution in [3.63, 3.8) is 0 Å². The quantitative estimate of drug-likeness (QED) is 0.676. The Hall–Kier alpha value is -0.630. The van der Waals surface area contributed by atoms with Crippen LogP contribution in [0.25, 0.3) is 0 Å². The number of hydrogen-bond donors (Lipinski definition) is 0. The second-order valence-electron chi connectivity index (χ2n) is 2.84. The Labute approximate surface area is 78.0 Å². The predicted molar refractivity (Wildman–Crippen MR) is 50.4 cm³/mol. The summed E-state index contributed by atoms with van der Waals surface area (Å²) in [6, 6.07) is 0. The van der Waals surface area contributed by atoms with Crippen LogP contribution in [0.15, 0.2) is 6.33 Å². The molecular weight excluding hydrogens is 172 g/mol. The summed E-state index contributed by atoms with van der Waals surface area (Å²) in [5.41, 5.74) is 2.10. The second kappa shape index (κ2) is 4.41. The number of rotatable bonds is 3. The van der Waals surface area contributed by atoms with Crippen LogP contribution >= 0.6 is 11.6 Å². The van der Waals surface area contributed by atoms with Gasteiger partial charge in [-0.3, -0.25) is 0 Å². The second-order valence-corrected chi connectivity index (χ2v) is 3.20. The molecular formula is C9H13ClN2. The van der Waals surface area contributed by atoms with Crippen LogP contribution in [0.3, 0.4) is 0 Å². The van der Waals surface area contributed by atoms with E-state index < -0.39 is 0 Å². The first-order valence-electron chi connectivity index (χ1n) is 4.21. The number of nitrogens with zero attached hydrogens (tertiary/aromatic N) is 2. The SMILES string of the molecule is CCCCc1ncnc(Cl)c1C.